The highest BCUT2D eigenvalue weighted by Gasteiger charge is 2.31. The van der Waals surface area contributed by atoms with E-state index in [1.54, 1.807) is 12.1 Å². The number of para-hydroxylation sites is 1. The number of carbonyl (C=O) groups is 2. The molecule has 0 aromatic heterocycles. The monoisotopic (exact) mass is 373 g/mol. The molecule has 2 N–H and O–H groups in total. The van der Waals surface area contributed by atoms with E-state index in [0.29, 0.717) is 12.1 Å². The molecule has 9 heteroatoms. The van der Waals surface area contributed by atoms with E-state index in [9.17, 15) is 22.8 Å². The molecule has 0 aliphatic heterocycles. The molecule has 0 aliphatic rings. The molecule has 0 spiro atoms. The minimum absolute atomic E-state index is 0.210. The van der Waals surface area contributed by atoms with Crippen LogP contribution in [0.1, 0.15) is 15.9 Å². The van der Waals surface area contributed by atoms with Crippen LogP contribution in [0.15, 0.2) is 42.5 Å². The van der Waals surface area contributed by atoms with Gasteiger partial charge in [0.25, 0.3) is 5.91 Å². The number of carbonyl (C=O) groups excluding carboxylic acids is 1. The fourth-order valence-corrected chi connectivity index (χ4v) is 2.09. The first-order valence-corrected chi connectivity index (χ1v) is 7.18. The Labute approximate surface area is 145 Å². The number of benzene rings is 2. The number of aromatic carboxylic acids is 1. The summed E-state index contributed by atoms with van der Waals surface area (Å²) in [6.45, 7) is -0.557. The highest BCUT2D eigenvalue weighted by molar-refractivity contribution is 6.32. The SMILES string of the molecule is O=C(COc1ccccc1Cl)Nc1cc(C(F)(F)F)ccc1C(=O)O. The van der Waals surface area contributed by atoms with Crippen LogP contribution in [0.3, 0.4) is 0 Å². The zero-order valence-corrected chi connectivity index (χ0v) is 13.2. The molecule has 0 radical (unpaired) electrons. The molecule has 0 heterocycles. The summed E-state index contributed by atoms with van der Waals surface area (Å²) in [5.74, 6) is -2.10. The van der Waals surface area contributed by atoms with Gasteiger partial charge in [-0.1, -0.05) is 23.7 Å². The van der Waals surface area contributed by atoms with Crippen LogP contribution in [0, 0.1) is 0 Å². The molecule has 0 atom stereocenters. The molecule has 2 aromatic rings. The minimum Gasteiger partial charge on any atom is -0.482 e. The van der Waals surface area contributed by atoms with Crippen LogP contribution in [0.2, 0.25) is 5.02 Å². The summed E-state index contributed by atoms with van der Waals surface area (Å²) < 4.78 is 43.4. The lowest BCUT2D eigenvalue weighted by Crippen LogP contribution is -2.22. The van der Waals surface area contributed by atoms with Crippen LogP contribution in [0.5, 0.6) is 5.75 Å². The highest BCUT2D eigenvalue weighted by atomic mass is 35.5. The highest BCUT2D eigenvalue weighted by Crippen LogP contribution is 2.32. The van der Waals surface area contributed by atoms with Crippen LogP contribution in [-0.2, 0) is 11.0 Å². The maximum absolute atomic E-state index is 12.8. The summed E-state index contributed by atoms with van der Waals surface area (Å²) in [5, 5.41) is 11.4. The number of carboxylic acids is 1. The topological polar surface area (TPSA) is 75.6 Å². The number of alkyl halides is 3. The second-order valence-corrected chi connectivity index (χ2v) is 5.24. The fourth-order valence-electron chi connectivity index (χ4n) is 1.90. The lowest BCUT2D eigenvalue weighted by molar-refractivity contribution is -0.137. The summed E-state index contributed by atoms with van der Waals surface area (Å²) in [6, 6.07) is 8.25. The van der Waals surface area contributed by atoms with E-state index in [1.807, 2.05) is 0 Å². The predicted molar refractivity (Wildman–Crippen MR) is 84.0 cm³/mol. The Kier molecular flexibility index (Phi) is 5.53. The van der Waals surface area contributed by atoms with Gasteiger partial charge < -0.3 is 15.2 Å². The molecular formula is C16H11ClF3NO4. The van der Waals surface area contributed by atoms with Crippen molar-refractivity contribution >= 4 is 29.2 Å². The number of anilines is 1. The number of hydrogen-bond donors (Lipinski definition) is 2. The minimum atomic E-state index is -4.68. The third-order valence-electron chi connectivity index (χ3n) is 3.05. The zero-order chi connectivity index (χ0) is 18.6. The first-order valence-electron chi connectivity index (χ1n) is 6.80. The van der Waals surface area contributed by atoms with Crippen molar-refractivity contribution in [3.8, 4) is 5.75 Å². The van der Waals surface area contributed by atoms with Gasteiger partial charge in [0.15, 0.2) is 6.61 Å². The van der Waals surface area contributed by atoms with Crippen LogP contribution >= 0.6 is 11.6 Å². The van der Waals surface area contributed by atoms with Crippen molar-refractivity contribution in [2.45, 2.75) is 6.18 Å². The number of hydrogen-bond acceptors (Lipinski definition) is 3. The standard InChI is InChI=1S/C16H11ClF3NO4/c17-11-3-1-2-4-13(11)25-8-14(22)21-12-7-9(16(18,19)20)5-6-10(12)15(23)24/h1-7H,8H2,(H,21,22)(H,23,24). The molecule has 0 unspecified atom stereocenters. The van der Waals surface area contributed by atoms with Crippen LogP contribution in [0.25, 0.3) is 0 Å². The first-order chi connectivity index (χ1) is 11.7. The van der Waals surface area contributed by atoms with Crippen molar-refractivity contribution in [2.24, 2.45) is 0 Å². The second-order valence-electron chi connectivity index (χ2n) is 4.83. The molecule has 2 aromatic carbocycles. The van der Waals surface area contributed by atoms with Gasteiger partial charge in [-0.25, -0.2) is 4.79 Å². The van der Waals surface area contributed by atoms with E-state index in [0.717, 1.165) is 6.07 Å². The van der Waals surface area contributed by atoms with Crippen LogP contribution in [-0.4, -0.2) is 23.6 Å². The molecule has 2 rings (SSSR count). The Balaban J connectivity index is 2.16. The number of rotatable bonds is 5. The number of carboxylic acid groups (broad SMARTS) is 1. The van der Waals surface area contributed by atoms with Crippen LogP contribution in [0.4, 0.5) is 18.9 Å². The molecule has 132 valence electrons. The van der Waals surface area contributed by atoms with Gasteiger partial charge in [0.1, 0.15) is 5.75 Å². The molecule has 25 heavy (non-hydrogen) atoms. The van der Waals surface area contributed by atoms with Crippen molar-refractivity contribution in [2.75, 3.05) is 11.9 Å². The summed E-state index contributed by atoms with van der Waals surface area (Å²) in [4.78, 5) is 23.0. The summed E-state index contributed by atoms with van der Waals surface area (Å²) >= 11 is 5.85. The molecule has 5 nitrogen and oxygen atoms in total. The number of nitrogens with one attached hydrogen (secondary N) is 1. The summed E-state index contributed by atoms with van der Waals surface area (Å²) in [7, 11) is 0. The van der Waals surface area contributed by atoms with Gasteiger partial charge in [0.05, 0.1) is 21.8 Å². The Morgan fingerprint density at radius 1 is 1.16 bits per heavy atom. The third kappa shape index (κ3) is 4.87. The molecule has 0 fully saturated rings. The molecule has 0 saturated carbocycles. The normalized spacial score (nSPS) is 11.0. The summed E-state index contributed by atoms with van der Waals surface area (Å²) in [6.07, 6.45) is -4.68. The quantitative estimate of drug-likeness (QED) is 0.828. The average Bonchev–Trinajstić information content (AvgIpc) is 2.53. The van der Waals surface area contributed by atoms with Crippen molar-refractivity contribution in [1.82, 2.24) is 0 Å². The second kappa shape index (κ2) is 7.43. The molecule has 1 amide bonds. The van der Waals surface area contributed by atoms with E-state index < -0.39 is 41.5 Å². The fraction of sp³-hybridized carbons (Fsp3) is 0.125. The number of amides is 1. The zero-order valence-electron chi connectivity index (χ0n) is 12.4. The molecule has 0 bridgehead atoms. The third-order valence-corrected chi connectivity index (χ3v) is 3.36. The smallest absolute Gasteiger partial charge is 0.416 e. The van der Waals surface area contributed by atoms with E-state index in [4.69, 9.17) is 21.4 Å². The number of ether oxygens (including phenoxy) is 1. The molecule has 0 aliphatic carbocycles. The predicted octanol–water partition coefficient (Wildman–Crippen LogP) is 4.07. The Hall–Kier alpha value is -2.74. The van der Waals surface area contributed by atoms with E-state index in [2.05, 4.69) is 5.32 Å². The van der Waals surface area contributed by atoms with Crippen molar-refractivity contribution in [3.05, 3.63) is 58.6 Å². The van der Waals surface area contributed by atoms with Gasteiger partial charge in [-0.15, -0.1) is 0 Å². The van der Waals surface area contributed by atoms with Gasteiger partial charge in [-0.2, -0.15) is 13.2 Å². The van der Waals surface area contributed by atoms with Gasteiger partial charge in [0.2, 0.25) is 0 Å². The van der Waals surface area contributed by atoms with E-state index in [1.165, 1.54) is 12.1 Å². The lowest BCUT2D eigenvalue weighted by Gasteiger charge is -2.13. The first kappa shape index (κ1) is 18.6. The van der Waals surface area contributed by atoms with Crippen molar-refractivity contribution < 1.29 is 32.6 Å². The van der Waals surface area contributed by atoms with E-state index in [-0.39, 0.29) is 10.8 Å². The van der Waals surface area contributed by atoms with Gasteiger partial charge in [-0.3, -0.25) is 4.79 Å². The maximum Gasteiger partial charge on any atom is 0.416 e. The Morgan fingerprint density at radius 2 is 1.84 bits per heavy atom. The van der Waals surface area contributed by atoms with Gasteiger partial charge >= 0.3 is 12.1 Å². The number of halogens is 4. The van der Waals surface area contributed by atoms with E-state index >= 15 is 0 Å². The van der Waals surface area contributed by atoms with Crippen molar-refractivity contribution in [3.63, 3.8) is 0 Å². The van der Waals surface area contributed by atoms with Gasteiger partial charge in [-0.05, 0) is 30.3 Å². The Bertz CT molecular complexity index is 808. The van der Waals surface area contributed by atoms with Gasteiger partial charge in [0, 0.05) is 0 Å². The molecular weight excluding hydrogens is 363 g/mol. The molecule has 0 saturated heterocycles. The average molecular weight is 374 g/mol. The van der Waals surface area contributed by atoms with Crippen LogP contribution < -0.4 is 10.1 Å². The Morgan fingerprint density at radius 3 is 2.44 bits per heavy atom. The summed E-state index contributed by atoms with van der Waals surface area (Å²) in [5.41, 5.74) is -2.03. The largest absolute Gasteiger partial charge is 0.482 e. The van der Waals surface area contributed by atoms with Crippen molar-refractivity contribution in [1.29, 1.82) is 0 Å². The maximum atomic E-state index is 12.8. The lowest BCUT2D eigenvalue weighted by atomic mass is 10.1.